The van der Waals surface area contributed by atoms with Crippen LogP contribution in [0.5, 0.6) is 5.75 Å². The molecule has 2 N–H and O–H groups in total. The Morgan fingerprint density at radius 2 is 1.80 bits per heavy atom. The fourth-order valence-electron chi connectivity index (χ4n) is 3.76. The van der Waals surface area contributed by atoms with Crippen LogP contribution >= 0.6 is 12.2 Å². The SMILES string of the molecule is CCOc1cccc(C(=O)NC(=S)Nc2ccc3oc(-c4ccc(N(CC)CC)cc4)nc3c2)c1. The Kier molecular flexibility index (Phi) is 7.62. The van der Waals surface area contributed by atoms with Crippen LogP contribution in [0.2, 0.25) is 0 Å². The number of fused-ring (bicyclic) bond motifs is 1. The number of anilines is 2. The number of ether oxygens (including phenoxy) is 1. The van der Waals surface area contributed by atoms with Crippen molar-refractivity contribution in [2.45, 2.75) is 20.8 Å². The van der Waals surface area contributed by atoms with E-state index in [4.69, 9.17) is 21.4 Å². The molecule has 0 atom stereocenters. The van der Waals surface area contributed by atoms with E-state index < -0.39 is 0 Å². The quantitative estimate of drug-likeness (QED) is 0.300. The number of nitrogens with one attached hydrogen (secondary N) is 2. The Morgan fingerprint density at radius 3 is 2.51 bits per heavy atom. The maximum Gasteiger partial charge on any atom is 0.257 e. The molecular formula is C27H28N4O3S. The van der Waals surface area contributed by atoms with E-state index in [1.165, 1.54) is 5.69 Å². The molecule has 0 bridgehead atoms. The highest BCUT2D eigenvalue weighted by molar-refractivity contribution is 7.80. The van der Waals surface area contributed by atoms with Crippen molar-refractivity contribution < 1.29 is 13.9 Å². The zero-order chi connectivity index (χ0) is 24.8. The summed E-state index contributed by atoms with van der Waals surface area (Å²) >= 11 is 5.33. The fraction of sp³-hybridized carbons (Fsp3) is 0.222. The molecule has 0 spiro atoms. The second-order valence-corrected chi connectivity index (χ2v) is 8.20. The molecule has 0 aliphatic carbocycles. The molecule has 7 nitrogen and oxygen atoms in total. The molecule has 0 aliphatic heterocycles. The van der Waals surface area contributed by atoms with E-state index in [1.54, 1.807) is 24.3 Å². The molecule has 180 valence electrons. The van der Waals surface area contributed by atoms with Crippen LogP contribution < -0.4 is 20.3 Å². The van der Waals surface area contributed by atoms with Gasteiger partial charge in [0.15, 0.2) is 10.7 Å². The first kappa shape index (κ1) is 24.2. The third kappa shape index (κ3) is 5.78. The highest BCUT2D eigenvalue weighted by Crippen LogP contribution is 2.28. The van der Waals surface area contributed by atoms with Crippen molar-refractivity contribution in [3.63, 3.8) is 0 Å². The molecule has 0 aliphatic rings. The van der Waals surface area contributed by atoms with E-state index in [1.807, 2.05) is 37.3 Å². The van der Waals surface area contributed by atoms with Gasteiger partial charge in [-0.3, -0.25) is 10.1 Å². The minimum atomic E-state index is -0.318. The zero-order valence-electron chi connectivity index (χ0n) is 20.0. The van der Waals surface area contributed by atoms with Crippen molar-refractivity contribution in [3.8, 4) is 17.2 Å². The Morgan fingerprint density at radius 1 is 1.03 bits per heavy atom. The Balaban J connectivity index is 1.44. The number of rotatable bonds is 8. The number of carbonyl (C=O) groups is 1. The lowest BCUT2D eigenvalue weighted by Gasteiger charge is -2.20. The number of thiocarbonyl (C=S) groups is 1. The maximum atomic E-state index is 12.6. The van der Waals surface area contributed by atoms with Crippen molar-refractivity contribution >= 4 is 45.7 Å². The van der Waals surface area contributed by atoms with Gasteiger partial charge in [0.25, 0.3) is 5.91 Å². The van der Waals surface area contributed by atoms with Crippen molar-refractivity contribution in [1.29, 1.82) is 0 Å². The average molecular weight is 489 g/mol. The van der Waals surface area contributed by atoms with Gasteiger partial charge in [0, 0.05) is 35.6 Å². The van der Waals surface area contributed by atoms with E-state index in [9.17, 15) is 4.79 Å². The first-order valence-corrected chi connectivity index (χ1v) is 12.0. The summed E-state index contributed by atoms with van der Waals surface area (Å²) in [5, 5.41) is 5.92. The lowest BCUT2D eigenvalue weighted by Crippen LogP contribution is -2.34. The maximum absolute atomic E-state index is 12.6. The summed E-state index contributed by atoms with van der Waals surface area (Å²) < 4.78 is 11.4. The highest BCUT2D eigenvalue weighted by atomic mass is 32.1. The van der Waals surface area contributed by atoms with Gasteiger partial charge in [0.1, 0.15) is 11.3 Å². The van der Waals surface area contributed by atoms with Gasteiger partial charge in [-0.15, -0.1) is 0 Å². The number of carbonyl (C=O) groups excluding carboxylic acids is 1. The standard InChI is InChI=1S/C27H28N4O3S/c1-4-31(5-2)21-13-10-18(11-14-21)26-29-23-17-20(12-15-24(23)34-26)28-27(35)30-25(32)19-8-7-9-22(16-19)33-6-3/h7-17H,4-6H2,1-3H3,(H2,28,30,32,35). The van der Waals surface area contributed by atoms with Crippen molar-refractivity contribution in [2.75, 3.05) is 29.9 Å². The van der Waals surface area contributed by atoms with Crippen molar-refractivity contribution in [1.82, 2.24) is 10.3 Å². The molecule has 0 radical (unpaired) electrons. The minimum Gasteiger partial charge on any atom is -0.494 e. The third-order valence-electron chi connectivity index (χ3n) is 5.52. The van der Waals surface area contributed by atoms with Crippen LogP contribution in [-0.4, -0.2) is 35.7 Å². The molecule has 0 saturated carbocycles. The van der Waals surface area contributed by atoms with Gasteiger partial charge in [-0.1, -0.05) is 6.07 Å². The lowest BCUT2D eigenvalue weighted by molar-refractivity contribution is 0.0977. The predicted molar refractivity (Wildman–Crippen MR) is 144 cm³/mol. The Bertz CT molecular complexity index is 1330. The van der Waals surface area contributed by atoms with Gasteiger partial charge in [-0.25, -0.2) is 4.98 Å². The van der Waals surface area contributed by atoms with E-state index >= 15 is 0 Å². The smallest absolute Gasteiger partial charge is 0.257 e. The molecule has 4 rings (SSSR count). The van der Waals surface area contributed by atoms with Crippen LogP contribution in [0.15, 0.2) is 71.1 Å². The number of amides is 1. The molecule has 0 saturated heterocycles. The second kappa shape index (κ2) is 11.0. The Hall–Kier alpha value is -3.91. The first-order valence-electron chi connectivity index (χ1n) is 11.6. The molecule has 1 aromatic heterocycles. The number of hydrogen-bond donors (Lipinski definition) is 2. The van der Waals surface area contributed by atoms with E-state index in [2.05, 4.69) is 46.5 Å². The van der Waals surface area contributed by atoms with Gasteiger partial charge in [0.2, 0.25) is 5.89 Å². The summed E-state index contributed by atoms with van der Waals surface area (Å²) in [6, 6.07) is 20.6. The van der Waals surface area contributed by atoms with Gasteiger partial charge in [-0.05, 0) is 93.7 Å². The van der Waals surface area contributed by atoms with Crippen molar-refractivity contribution in [2.24, 2.45) is 0 Å². The van der Waals surface area contributed by atoms with Crippen LogP contribution in [0.25, 0.3) is 22.6 Å². The monoisotopic (exact) mass is 488 g/mol. The van der Waals surface area contributed by atoms with E-state index in [-0.39, 0.29) is 11.0 Å². The van der Waals surface area contributed by atoms with Crippen LogP contribution in [0.3, 0.4) is 0 Å². The summed E-state index contributed by atoms with van der Waals surface area (Å²) in [4.78, 5) is 19.5. The zero-order valence-corrected chi connectivity index (χ0v) is 20.8. The number of aromatic nitrogens is 1. The number of nitrogens with zero attached hydrogens (tertiary/aromatic N) is 2. The number of hydrogen-bond acceptors (Lipinski definition) is 6. The normalized spacial score (nSPS) is 10.7. The van der Waals surface area contributed by atoms with Crippen LogP contribution in [0.1, 0.15) is 31.1 Å². The van der Waals surface area contributed by atoms with Gasteiger partial charge in [0.05, 0.1) is 6.61 Å². The van der Waals surface area contributed by atoms with Crippen molar-refractivity contribution in [3.05, 3.63) is 72.3 Å². The molecule has 3 aromatic carbocycles. The molecular weight excluding hydrogens is 460 g/mol. The Labute approximate surface area is 210 Å². The summed E-state index contributed by atoms with van der Waals surface area (Å²) in [5.41, 5.74) is 4.59. The van der Waals surface area contributed by atoms with E-state index in [0.29, 0.717) is 40.6 Å². The molecule has 35 heavy (non-hydrogen) atoms. The number of oxazole rings is 1. The summed E-state index contributed by atoms with van der Waals surface area (Å²) in [6.45, 7) is 8.61. The molecule has 1 amide bonds. The second-order valence-electron chi connectivity index (χ2n) is 7.79. The highest BCUT2D eigenvalue weighted by Gasteiger charge is 2.12. The van der Waals surface area contributed by atoms with Gasteiger partial charge in [-0.2, -0.15) is 0 Å². The molecule has 1 heterocycles. The first-order chi connectivity index (χ1) is 17.0. The van der Waals surface area contributed by atoms with Gasteiger partial charge < -0.3 is 19.4 Å². The fourth-order valence-corrected chi connectivity index (χ4v) is 3.97. The van der Waals surface area contributed by atoms with Crippen LogP contribution in [0.4, 0.5) is 11.4 Å². The molecule has 0 unspecified atom stereocenters. The molecule has 8 heteroatoms. The predicted octanol–water partition coefficient (Wildman–Crippen LogP) is 5.87. The van der Waals surface area contributed by atoms with E-state index in [0.717, 1.165) is 18.7 Å². The number of benzene rings is 3. The van der Waals surface area contributed by atoms with Crippen LogP contribution in [0, 0.1) is 0 Å². The topological polar surface area (TPSA) is 79.6 Å². The lowest BCUT2D eigenvalue weighted by atomic mass is 10.2. The summed E-state index contributed by atoms with van der Waals surface area (Å²) in [7, 11) is 0. The average Bonchev–Trinajstić information content (AvgIpc) is 3.29. The van der Waals surface area contributed by atoms with Gasteiger partial charge >= 0.3 is 0 Å². The largest absolute Gasteiger partial charge is 0.494 e. The molecule has 4 aromatic rings. The summed E-state index contributed by atoms with van der Waals surface area (Å²) in [5.74, 6) is 0.865. The van der Waals surface area contributed by atoms with Crippen LogP contribution in [-0.2, 0) is 0 Å². The third-order valence-corrected chi connectivity index (χ3v) is 5.73. The minimum absolute atomic E-state index is 0.187. The summed E-state index contributed by atoms with van der Waals surface area (Å²) in [6.07, 6.45) is 0. The molecule has 0 fully saturated rings.